The smallest absolute Gasteiger partial charge is 0.224 e. The summed E-state index contributed by atoms with van der Waals surface area (Å²) in [6, 6.07) is 8.09. The van der Waals surface area contributed by atoms with Crippen molar-refractivity contribution >= 4 is 41.5 Å². The third kappa shape index (κ3) is 6.76. The van der Waals surface area contributed by atoms with Crippen LogP contribution in [0.4, 0.5) is 5.69 Å². The molecule has 1 aromatic carbocycles. The average molecular weight is 430 g/mol. The van der Waals surface area contributed by atoms with E-state index in [-0.39, 0.29) is 29.9 Å². The fourth-order valence-electron chi connectivity index (χ4n) is 2.63. The topological polar surface area (TPSA) is 70.7 Å². The second-order valence-corrected chi connectivity index (χ2v) is 5.64. The molecule has 1 amide bonds. The van der Waals surface area contributed by atoms with Crippen molar-refractivity contribution in [1.82, 2.24) is 4.90 Å². The molecular weight excluding hydrogens is 403 g/mol. The molecular formula is C17H27IN4O. The standard InChI is InChI=1S/C17H26N4O.HI/c1-2-14-7-6-8-15(13-14)20-17(18)19-10-9-16(22)21-11-4-3-5-12-21;/h6-8,13H,2-5,9-12H2,1H3,(H3,18,19,20);1H. The van der Waals surface area contributed by atoms with Crippen LogP contribution in [0.25, 0.3) is 0 Å². The second-order valence-electron chi connectivity index (χ2n) is 5.64. The van der Waals surface area contributed by atoms with Crippen molar-refractivity contribution in [2.75, 3.05) is 25.0 Å². The van der Waals surface area contributed by atoms with Crippen LogP contribution in [0.1, 0.15) is 38.2 Å². The molecule has 0 atom stereocenters. The molecule has 6 heteroatoms. The highest BCUT2D eigenvalue weighted by molar-refractivity contribution is 14.0. The van der Waals surface area contributed by atoms with Gasteiger partial charge in [0.25, 0.3) is 0 Å². The molecule has 128 valence electrons. The number of halogens is 1. The molecule has 23 heavy (non-hydrogen) atoms. The zero-order chi connectivity index (χ0) is 15.8. The normalized spacial score (nSPS) is 15.0. The number of anilines is 1. The van der Waals surface area contributed by atoms with E-state index >= 15 is 0 Å². The molecule has 0 spiro atoms. The van der Waals surface area contributed by atoms with Crippen molar-refractivity contribution in [3.8, 4) is 0 Å². The van der Waals surface area contributed by atoms with E-state index < -0.39 is 0 Å². The van der Waals surface area contributed by atoms with Crippen LogP contribution in [0.3, 0.4) is 0 Å². The van der Waals surface area contributed by atoms with E-state index in [1.807, 2.05) is 17.0 Å². The Labute approximate surface area is 155 Å². The van der Waals surface area contributed by atoms with Gasteiger partial charge in [0.05, 0.1) is 6.54 Å². The summed E-state index contributed by atoms with van der Waals surface area (Å²) in [6.07, 6.45) is 4.88. The number of amides is 1. The molecule has 3 N–H and O–H groups in total. The fraction of sp³-hybridized carbons (Fsp3) is 0.529. The summed E-state index contributed by atoms with van der Waals surface area (Å²) in [5.41, 5.74) is 8.06. The van der Waals surface area contributed by atoms with Gasteiger partial charge >= 0.3 is 0 Å². The van der Waals surface area contributed by atoms with Gasteiger partial charge in [0.2, 0.25) is 5.91 Å². The van der Waals surface area contributed by atoms with Crippen LogP contribution in [0.5, 0.6) is 0 Å². The zero-order valence-electron chi connectivity index (χ0n) is 13.8. The molecule has 1 saturated heterocycles. The van der Waals surface area contributed by atoms with E-state index in [2.05, 4.69) is 29.4 Å². The van der Waals surface area contributed by atoms with Crippen LogP contribution < -0.4 is 11.1 Å². The SMILES string of the molecule is CCc1cccc(NC(N)=NCCC(=O)N2CCCCC2)c1.I. The third-order valence-corrected chi connectivity index (χ3v) is 3.92. The maximum absolute atomic E-state index is 12.0. The number of aryl methyl sites for hydroxylation is 1. The maximum Gasteiger partial charge on any atom is 0.224 e. The van der Waals surface area contributed by atoms with Gasteiger partial charge in [-0.1, -0.05) is 19.1 Å². The van der Waals surface area contributed by atoms with Crippen molar-refractivity contribution in [2.45, 2.75) is 39.0 Å². The fourth-order valence-corrected chi connectivity index (χ4v) is 2.63. The van der Waals surface area contributed by atoms with Gasteiger partial charge in [0.1, 0.15) is 0 Å². The summed E-state index contributed by atoms with van der Waals surface area (Å²) in [7, 11) is 0. The third-order valence-electron chi connectivity index (χ3n) is 3.92. The number of aliphatic imine (C=N–C) groups is 1. The van der Waals surface area contributed by atoms with E-state index in [1.54, 1.807) is 0 Å². The number of carbonyl (C=O) groups excluding carboxylic acids is 1. The lowest BCUT2D eigenvalue weighted by atomic mass is 10.1. The van der Waals surface area contributed by atoms with Gasteiger partial charge in [-0.25, -0.2) is 0 Å². The lowest BCUT2D eigenvalue weighted by Gasteiger charge is -2.26. The summed E-state index contributed by atoms with van der Waals surface area (Å²) in [6.45, 7) is 4.32. The Bertz CT molecular complexity index is 527. The Hall–Kier alpha value is -1.31. The summed E-state index contributed by atoms with van der Waals surface area (Å²) in [4.78, 5) is 18.2. The largest absolute Gasteiger partial charge is 0.370 e. The monoisotopic (exact) mass is 430 g/mol. The summed E-state index contributed by atoms with van der Waals surface area (Å²) < 4.78 is 0. The van der Waals surface area contributed by atoms with Crippen molar-refractivity contribution < 1.29 is 4.79 Å². The number of guanidine groups is 1. The van der Waals surface area contributed by atoms with Crippen LogP contribution >= 0.6 is 24.0 Å². The molecule has 1 aromatic rings. The molecule has 0 aromatic heterocycles. The highest BCUT2D eigenvalue weighted by Crippen LogP contribution is 2.11. The van der Waals surface area contributed by atoms with Gasteiger partial charge in [-0.05, 0) is 43.4 Å². The lowest BCUT2D eigenvalue weighted by molar-refractivity contribution is -0.131. The molecule has 1 fully saturated rings. The summed E-state index contributed by atoms with van der Waals surface area (Å²) >= 11 is 0. The molecule has 1 aliphatic rings. The maximum atomic E-state index is 12.0. The van der Waals surface area contributed by atoms with Gasteiger partial charge < -0.3 is 16.0 Å². The Morgan fingerprint density at radius 2 is 2.04 bits per heavy atom. The Kier molecular flexibility index (Phi) is 8.98. The first-order valence-corrected chi connectivity index (χ1v) is 8.12. The number of rotatable bonds is 5. The van der Waals surface area contributed by atoms with Crippen LogP contribution in [-0.2, 0) is 11.2 Å². The number of hydrogen-bond donors (Lipinski definition) is 2. The molecule has 0 bridgehead atoms. The predicted molar refractivity (Wildman–Crippen MR) is 106 cm³/mol. The number of nitrogens with zero attached hydrogens (tertiary/aromatic N) is 2. The highest BCUT2D eigenvalue weighted by Gasteiger charge is 2.15. The van der Waals surface area contributed by atoms with E-state index in [0.717, 1.165) is 38.0 Å². The number of piperidine rings is 1. The first-order chi connectivity index (χ1) is 10.7. The number of nitrogens with one attached hydrogen (secondary N) is 1. The van der Waals surface area contributed by atoms with E-state index in [9.17, 15) is 4.79 Å². The quantitative estimate of drug-likeness (QED) is 0.429. The molecule has 1 heterocycles. The molecule has 0 aliphatic carbocycles. The van der Waals surface area contributed by atoms with E-state index in [1.165, 1.54) is 12.0 Å². The van der Waals surface area contributed by atoms with E-state index in [0.29, 0.717) is 18.9 Å². The Balaban J connectivity index is 0.00000264. The summed E-state index contributed by atoms with van der Waals surface area (Å²) in [5.74, 6) is 0.545. The van der Waals surface area contributed by atoms with E-state index in [4.69, 9.17) is 5.73 Å². The number of likely N-dealkylation sites (tertiary alicyclic amines) is 1. The average Bonchev–Trinajstić information content (AvgIpc) is 2.55. The number of carbonyl (C=O) groups is 1. The summed E-state index contributed by atoms with van der Waals surface area (Å²) in [5, 5.41) is 3.07. The van der Waals surface area contributed by atoms with Crippen LogP contribution in [0.2, 0.25) is 0 Å². The molecule has 0 saturated carbocycles. The van der Waals surface area contributed by atoms with Crippen molar-refractivity contribution in [1.29, 1.82) is 0 Å². The van der Waals surface area contributed by atoms with Gasteiger partial charge in [0.15, 0.2) is 5.96 Å². The minimum atomic E-state index is 0. The minimum absolute atomic E-state index is 0. The van der Waals surface area contributed by atoms with Crippen LogP contribution in [-0.4, -0.2) is 36.4 Å². The number of hydrogen-bond acceptors (Lipinski definition) is 2. The van der Waals surface area contributed by atoms with Gasteiger partial charge in [-0.15, -0.1) is 24.0 Å². The van der Waals surface area contributed by atoms with Crippen molar-refractivity contribution in [3.05, 3.63) is 29.8 Å². The lowest BCUT2D eigenvalue weighted by Crippen LogP contribution is -2.36. The van der Waals surface area contributed by atoms with Gasteiger partial charge in [-0.2, -0.15) is 0 Å². The molecule has 5 nitrogen and oxygen atoms in total. The molecule has 0 unspecified atom stereocenters. The Morgan fingerprint density at radius 3 is 2.74 bits per heavy atom. The van der Waals surface area contributed by atoms with Crippen LogP contribution in [0, 0.1) is 0 Å². The predicted octanol–water partition coefficient (Wildman–Crippen LogP) is 3.00. The molecule has 1 aliphatic heterocycles. The van der Waals surface area contributed by atoms with Crippen LogP contribution in [0.15, 0.2) is 29.3 Å². The molecule has 2 rings (SSSR count). The first-order valence-electron chi connectivity index (χ1n) is 8.12. The number of nitrogens with two attached hydrogens (primary N) is 1. The van der Waals surface area contributed by atoms with Gasteiger partial charge in [0, 0.05) is 25.2 Å². The molecule has 0 radical (unpaired) electrons. The van der Waals surface area contributed by atoms with Crippen molar-refractivity contribution in [3.63, 3.8) is 0 Å². The van der Waals surface area contributed by atoms with Crippen molar-refractivity contribution in [2.24, 2.45) is 10.7 Å². The number of benzene rings is 1. The zero-order valence-corrected chi connectivity index (χ0v) is 16.1. The second kappa shape index (κ2) is 10.5. The van der Waals surface area contributed by atoms with Gasteiger partial charge in [-0.3, -0.25) is 9.79 Å². The Morgan fingerprint density at radius 1 is 1.30 bits per heavy atom. The minimum Gasteiger partial charge on any atom is -0.370 e. The first kappa shape index (κ1) is 19.7. The highest BCUT2D eigenvalue weighted by atomic mass is 127.